The molecule has 2 aromatic rings. The highest BCUT2D eigenvalue weighted by Gasteiger charge is 2.42. The highest BCUT2D eigenvalue weighted by atomic mass is 16.5. The van der Waals surface area contributed by atoms with E-state index in [1.807, 2.05) is 6.92 Å². The maximum absolute atomic E-state index is 13.0. The number of aliphatic hydroxyl groups excluding tert-OH is 2. The lowest BCUT2D eigenvalue weighted by atomic mass is 9.72. The van der Waals surface area contributed by atoms with Gasteiger partial charge in [0, 0.05) is 16.7 Å². The molecule has 0 saturated carbocycles. The normalized spacial score (nSPS) is 19.1. The Labute approximate surface area is 179 Å². The van der Waals surface area contributed by atoms with Crippen molar-refractivity contribution in [3.63, 3.8) is 0 Å². The fraction of sp³-hybridized carbons (Fsp3) is 0.391. The number of nitrogens with two attached hydrogens (primary N) is 1. The summed E-state index contributed by atoms with van der Waals surface area (Å²) in [4.78, 5) is 25.3. The van der Waals surface area contributed by atoms with Gasteiger partial charge in [-0.3, -0.25) is 9.59 Å². The molecule has 8 heteroatoms. The fourth-order valence-electron chi connectivity index (χ4n) is 4.35. The number of aliphatic hydroxyl groups is 2. The molecular formula is C23H27NO7. The second-order valence-electron chi connectivity index (χ2n) is 7.75. The molecule has 31 heavy (non-hydrogen) atoms. The van der Waals surface area contributed by atoms with Crippen LogP contribution in [0.25, 0.3) is 0 Å². The van der Waals surface area contributed by atoms with Gasteiger partial charge < -0.3 is 30.9 Å². The molecule has 4 atom stereocenters. The first kappa shape index (κ1) is 22.6. The summed E-state index contributed by atoms with van der Waals surface area (Å²) in [5.74, 6) is -3.49. The van der Waals surface area contributed by atoms with Gasteiger partial charge in [0.15, 0.2) is 0 Å². The number of rotatable bonds is 6. The van der Waals surface area contributed by atoms with Gasteiger partial charge in [-0.25, -0.2) is 0 Å². The van der Waals surface area contributed by atoms with Crippen LogP contribution in [-0.2, 0) is 9.53 Å². The minimum absolute atomic E-state index is 0.0257. The second kappa shape index (κ2) is 8.56. The highest BCUT2D eigenvalue weighted by molar-refractivity contribution is 5.98. The standard InChI is InChI=1S/C23H27NO7/c1-4-10(3)15(23(30)31-5-2)17-12(22(24)29)9-14(26)18-19(17)20(27)11-7-6-8-13(25)16(11)21(18)28/h6-10,15,20-21,25-28H,4-5H2,1-3H3,(H2,24,29). The molecule has 0 bridgehead atoms. The monoisotopic (exact) mass is 429 g/mol. The van der Waals surface area contributed by atoms with Crippen LogP contribution in [0.5, 0.6) is 11.5 Å². The summed E-state index contributed by atoms with van der Waals surface area (Å²) in [5, 5.41) is 43.2. The van der Waals surface area contributed by atoms with Crippen molar-refractivity contribution in [2.24, 2.45) is 11.7 Å². The molecule has 0 saturated heterocycles. The van der Waals surface area contributed by atoms with Gasteiger partial charge in [-0.05, 0) is 41.7 Å². The summed E-state index contributed by atoms with van der Waals surface area (Å²) >= 11 is 0. The van der Waals surface area contributed by atoms with Crippen LogP contribution in [-0.4, -0.2) is 38.9 Å². The topological polar surface area (TPSA) is 150 Å². The van der Waals surface area contributed by atoms with Crippen LogP contribution in [0, 0.1) is 5.92 Å². The van der Waals surface area contributed by atoms with E-state index in [0.29, 0.717) is 6.42 Å². The third kappa shape index (κ3) is 3.62. The molecule has 8 nitrogen and oxygen atoms in total. The van der Waals surface area contributed by atoms with E-state index in [4.69, 9.17) is 10.5 Å². The number of phenolic OH excluding ortho intramolecular Hbond substituents is 2. The number of fused-ring (bicyclic) bond motifs is 2. The second-order valence-corrected chi connectivity index (χ2v) is 7.75. The van der Waals surface area contributed by atoms with E-state index in [1.54, 1.807) is 13.8 Å². The summed E-state index contributed by atoms with van der Waals surface area (Å²) < 4.78 is 5.25. The Morgan fingerprint density at radius 3 is 2.32 bits per heavy atom. The van der Waals surface area contributed by atoms with Gasteiger partial charge in [-0.2, -0.15) is 0 Å². The van der Waals surface area contributed by atoms with Crippen molar-refractivity contribution < 1.29 is 34.8 Å². The molecule has 0 aliphatic heterocycles. The number of amides is 1. The summed E-state index contributed by atoms with van der Waals surface area (Å²) in [7, 11) is 0. The number of benzene rings is 2. The Morgan fingerprint density at radius 2 is 1.74 bits per heavy atom. The maximum atomic E-state index is 13.0. The zero-order valence-electron chi connectivity index (χ0n) is 17.6. The number of hydrogen-bond donors (Lipinski definition) is 5. The van der Waals surface area contributed by atoms with Crippen LogP contribution >= 0.6 is 0 Å². The van der Waals surface area contributed by atoms with E-state index in [0.717, 1.165) is 6.07 Å². The van der Waals surface area contributed by atoms with Gasteiger partial charge in [0.1, 0.15) is 23.7 Å². The number of hydrogen-bond acceptors (Lipinski definition) is 7. The smallest absolute Gasteiger partial charge is 0.313 e. The lowest BCUT2D eigenvalue weighted by Gasteiger charge is -2.35. The summed E-state index contributed by atoms with van der Waals surface area (Å²) in [5.41, 5.74) is 5.76. The van der Waals surface area contributed by atoms with Crippen LogP contribution in [0.2, 0.25) is 0 Å². The quantitative estimate of drug-likeness (QED) is 0.442. The average Bonchev–Trinajstić information content (AvgIpc) is 2.72. The number of ether oxygens (including phenoxy) is 1. The Morgan fingerprint density at radius 1 is 1.06 bits per heavy atom. The molecule has 6 N–H and O–H groups in total. The zero-order valence-corrected chi connectivity index (χ0v) is 17.6. The number of primary amides is 1. The van der Waals surface area contributed by atoms with E-state index >= 15 is 0 Å². The first-order valence-electron chi connectivity index (χ1n) is 10.2. The van der Waals surface area contributed by atoms with Crippen molar-refractivity contribution in [2.45, 2.75) is 45.3 Å². The first-order valence-corrected chi connectivity index (χ1v) is 10.2. The largest absolute Gasteiger partial charge is 0.508 e. The van der Waals surface area contributed by atoms with E-state index < -0.39 is 35.8 Å². The minimum Gasteiger partial charge on any atom is -0.508 e. The van der Waals surface area contributed by atoms with Gasteiger partial charge in [0.05, 0.1) is 12.5 Å². The number of carbonyl (C=O) groups excluding carboxylic acids is 2. The number of aromatic hydroxyl groups is 2. The van der Waals surface area contributed by atoms with Crippen molar-refractivity contribution >= 4 is 11.9 Å². The number of esters is 1. The minimum atomic E-state index is -1.49. The van der Waals surface area contributed by atoms with E-state index in [-0.39, 0.29) is 51.7 Å². The lowest BCUT2D eigenvalue weighted by Crippen LogP contribution is -2.30. The van der Waals surface area contributed by atoms with Crippen LogP contribution in [0.1, 0.15) is 83.5 Å². The molecule has 0 fully saturated rings. The Hall–Kier alpha value is -3.10. The molecule has 1 aliphatic rings. The lowest BCUT2D eigenvalue weighted by molar-refractivity contribution is -0.146. The molecule has 0 aromatic heterocycles. The SMILES string of the molecule is CCOC(=O)C(c1c(C(N)=O)cc(O)c2c1C(O)c1cccc(O)c1C2O)C(C)CC. The third-order valence-corrected chi connectivity index (χ3v) is 5.99. The predicted molar refractivity (Wildman–Crippen MR) is 112 cm³/mol. The Kier molecular flexibility index (Phi) is 6.24. The molecule has 1 amide bonds. The van der Waals surface area contributed by atoms with E-state index in [2.05, 4.69) is 0 Å². The Bertz CT molecular complexity index is 1030. The molecule has 4 unspecified atom stereocenters. The molecule has 1 aliphatic carbocycles. The number of phenols is 2. The van der Waals surface area contributed by atoms with Gasteiger partial charge in [-0.15, -0.1) is 0 Å². The highest BCUT2D eigenvalue weighted by Crippen LogP contribution is 2.51. The molecule has 2 aromatic carbocycles. The first-order chi connectivity index (χ1) is 14.6. The van der Waals surface area contributed by atoms with Gasteiger partial charge in [0.2, 0.25) is 5.91 Å². The van der Waals surface area contributed by atoms with Crippen molar-refractivity contribution in [1.82, 2.24) is 0 Å². The van der Waals surface area contributed by atoms with Gasteiger partial charge in [-0.1, -0.05) is 32.4 Å². The fourth-order valence-corrected chi connectivity index (χ4v) is 4.35. The van der Waals surface area contributed by atoms with Crippen molar-refractivity contribution in [3.05, 3.63) is 57.6 Å². The zero-order chi connectivity index (χ0) is 23.0. The third-order valence-electron chi connectivity index (χ3n) is 5.99. The average molecular weight is 429 g/mol. The molecule has 166 valence electrons. The summed E-state index contributed by atoms with van der Waals surface area (Å²) in [6.45, 7) is 5.44. The molecule has 0 radical (unpaired) electrons. The van der Waals surface area contributed by atoms with Crippen LogP contribution in [0.4, 0.5) is 0 Å². The van der Waals surface area contributed by atoms with Crippen molar-refractivity contribution in [3.8, 4) is 11.5 Å². The predicted octanol–water partition coefficient (Wildman–Crippen LogP) is 2.37. The van der Waals surface area contributed by atoms with Gasteiger partial charge >= 0.3 is 5.97 Å². The van der Waals surface area contributed by atoms with Crippen LogP contribution in [0.3, 0.4) is 0 Å². The molecule has 0 heterocycles. The molecule has 3 rings (SSSR count). The van der Waals surface area contributed by atoms with Crippen molar-refractivity contribution in [2.75, 3.05) is 6.61 Å². The number of carbonyl (C=O) groups is 2. The van der Waals surface area contributed by atoms with Crippen molar-refractivity contribution in [1.29, 1.82) is 0 Å². The van der Waals surface area contributed by atoms with Gasteiger partial charge in [0.25, 0.3) is 0 Å². The van der Waals surface area contributed by atoms with E-state index in [9.17, 15) is 30.0 Å². The maximum Gasteiger partial charge on any atom is 0.313 e. The summed E-state index contributed by atoms with van der Waals surface area (Å²) in [6.07, 6.45) is -2.37. The van der Waals surface area contributed by atoms with Crippen LogP contribution in [0.15, 0.2) is 24.3 Å². The molecular weight excluding hydrogens is 402 g/mol. The Balaban J connectivity index is 2.42. The van der Waals surface area contributed by atoms with Crippen LogP contribution < -0.4 is 5.73 Å². The molecule has 0 spiro atoms. The van der Waals surface area contributed by atoms with E-state index in [1.165, 1.54) is 18.2 Å². The summed E-state index contributed by atoms with van der Waals surface area (Å²) in [6, 6.07) is 5.47.